The van der Waals surface area contributed by atoms with Gasteiger partial charge in [-0.2, -0.15) is 0 Å². The second kappa shape index (κ2) is 4.42. The molecule has 1 aromatic rings. The quantitative estimate of drug-likeness (QED) is 0.713. The van der Waals surface area contributed by atoms with Gasteiger partial charge in [-0.3, -0.25) is 4.99 Å². The molecule has 0 bridgehead atoms. The van der Waals surface area contributed by atoms with E-state index in [-0.39, 0.29) is 12.6 Å². The van der Waals surface area contributed by atoms with Crippen molar-refractivity contribution >= 4 is 11.9 Å². The number of hydrogen-bond donors (Lipinski definition) is 0. The van der Waals surface area contributed by atoms with Crippen molar-refractivity contribution in [2.24, 2.45) is 4.99 Å². The van der Waals surface area contributed by atoms with Crippen LogP contribution < -0.4 is 4.74 Å². The van der Waals surface area contributed by atoms with E-state index in [9.17, 15) is 0 Å². The average molecular weight is 207 g/mol. The van der Waals surface area contributed by atoms with Gasteiger partial charge in [0.15, 0.2) is 12.6 Å². The van der Waals surface area contributed by atoms with Crippen molar-refractivity contribution in [3.05, 3.63) is 24.3 Å². The molecule has 0 unspecified atom stereocenters. The van der Waals surface area contributed by atoms with E-state index < -0.39 is 0 Å². The molecule has 2 rings (SSSR count). The Morgan fingerprint density at radius 2 is 1.93 bits per heavy atom. The lowest BCUT2D eigenvalue weighted by atomic mass is 10.3. The second-order valence-electron chi connectivity index (χ2n) is 3.18. The molecule has 1 fully saturated rings. The Labute approximate surface area is 88.5 Å². The predicted octanol–water partition coefficient (Wildman–Crippen LogP) is 2.12. The Morgan fingerprint density at radius 3 is 2.47 bits per heavy atom. The third-order valence-corrected chi connectivity index (χ3v) is 2.07. The highest BCUT2D eigenvalue weighted by Crippen LogP contribution is 2.19. The van der Waals surface area contributed by atoms with Crippen molar-refractivity contribution in [1.29, 1.82) is 0 Å². The van der Waals surface area contributed by atoms with Crippen LogP contribution in [0.5, 0.6) is 5.75 Å². The van der Waals surface area contributed by atoms with Crippen LogP contribution in [0.3, 0.4) is 0 Å². The van der Waals surface area contributed by atoms with Crippen LogP contribution in [-0.4, -0.2) is 25.9 Å². The molecule has 80 valence electrons. The summed E-state index contributed by atoms with van der Waals surface area (Å²) in [6.07, 6.45) is 1.22. The number of rotatable bonds is 3. The van der Waals surface area contributed by atoms with Crippen LogP contribution in [-0.2, 0) is 9.47 Å². The molecule has 0 amide bonds. The summed E-state index contributed by atoms with van der Waals surface area (Å²) in [5.41, 5.74) is 0.850. The van der Waals surface area contributed by atoms with Gasteiger partial charge in [0.25, 0.3) is 0 Å². The van der Waals surface area contributed by atoms with Gasteiger partial charge in [-0.15, -0.1) is 0 Å². The van der Waals surface area contributed by atoms with Crippen molar-refractivity contribution in [3.63, 3.8) is 0 Å². The molecule has 1 aliphatic rings. The maximum absolute atomic E-state index is 5.21. The first-order valence-electron chi connectivity index (χ1n) is 4.77. The van der Waals surface area contributed by atoms with E-state index in [2.05, 4.69) is 4.99 Å². The minimum atomic E-state index is -0.304. The zero-order chi connectivity index (χ0) is 10.7. The Balaban J connectivity index is 1.92. The third-order valence-electron chi connectivity index (χ3n) is 2.07. The van der Waals surface area contributed by atoms with Gasteiger partial charge < -0.3 is 14.2 Å². The molecule has 15 heavy (non-hydrogen) atoms. The van der Waals surface area contributed by atoms with Gasteiger partial charge in [0.2, 0.25) is 0 Å². The summed E-state index contributed by atoms with van der Waals surface area (Å²) in [5.74, 6) is 0.818. The third kappa shape index (κ3) is 2.55. The monoisotopic (exact) mass is 207 g/mol. The average Bonchev–Trinajstić information content (AvgIpc) is 2.23. The van der Waals surface area contributed by atoms with E-state index in [0.29, 0.717) is 0 Å². The number of methoxy groups -OCH3 is 1. The molecule has 1 saturated heterocycles. The summed E-state index contributed by atoms with van der Waals surface area (Å²) in [4.78, 5) is 4.21. The highest BCUT2D eigenvalue weighted by Gasteiger charge is 2.24. The van der Waals surface area contributed by atoms with Gasteiger partial charge in [-0.05, 0) is 31.2 Å². The summed E-state index contributed by atoms with van der Waals surface area (Å²) in [7, 11) is 1.63. The Morgan fingerprint density at radius 1 is 1.27 bits per heavy atom. The van der Waals surface area contributed by atoms with Gasteiger partial charge in [-0.25, -0.2) is 0 Å². The zero-order valence-electron chi connectivity index (χ0n) is 8.71. The van der Waals surface area contributed by atoms with E-state index >= 15 is 0 Å². The SMILES string of the molecule is COc1ccc(/N=C/C2OC(C)O2)cc1. The molecule has 0 aromatic heterocycles. The predicted molar refractivity (Wildman–Crippen MR) is 56.6 cm³/mol. The largest absolute Gasteiger partial charge is 0.497 e. The molecule has 4 heteroatoms. The maximum atomic E-state index is 5.21. The lowest BCUT2D eigenvalue weighted by Crippen LogP contribution is -2.39. The molecule has 1 heterocycles. The molecule has 0 atom stereocenters. The smallest absolute Gasteiger partial charge is 0.199 e. The summed E-state index contributed by atoms with van der Waals surface area (Å²) in [6.45, 7) is 1.84. The van der Waals surface area contributed by atoms with Crippen LogP contribution in [0.4, 0.5) is 5.69 Å². The maximum Gasteiger partial charge on any atom is 0.199 e. The molecule has 0 saturated carbocycles. The van der Waals surface area contributed by atoms with Crippen molar-refractivity contribution < 1.29 is 14.2 Å². The summed E-state index contributed by atoms with van der Waals surface area (Å²) < 4.78 is 15.5. The standard InChI is InChI=1S/C11H13NO3/c1-8-14-11(15-8)7-12-9-3-5-10(13-2)6-4-9/h3-8,11H,1-2H3/b12-7+. The number of hydrogen-bond acceptors (Lipinski definition) is 4. The van der Waals surface area contributed by atoms with Gasteiger partial charge in [0, 0.05) is 0 Å². The summed E-state index contributed by atoms with van der Waals surface area (Å²) in [6, 6.07) is 7.46. The van der Waals surface area contributed by atoms with Crippen LogP contribution in [0.15, 0.2) is 29.3 Å². The zero-order valence-corrected chi connectivity index (χ0v) is 8.71. The van der Waals surface area contributed by atoms with E-state index in [1.165, 1.54) is 0 Å². The molecular formula is C11H13NO3. The van der Waals surface area contributed by atoms with Gasteiger partial charge in [0.1, 0.15) is 5.75 Å². The normalized spacial score (nSPS) is 25.2. The fraction of sp³-hybridized carbons (Fsp3) is 0.364. The van der Waals surface area contributed by atoms with Crippen LogP contribution >= 0.6 is 0 Å². The Kier molecular flexibility index (Phi) is 2.99. The second-order valence-corrected chi connectivity index (χ2v) is 3.18. The Hall–Kier alpha value is -1.39. The number of ether oxygens (including phenoxy) is 3. The van der Waals surface area contributed by atoms with E-state index in [1.54, 1.807) is 13.3 Å². The van der Waals surface area contributed by atoms with Crippen molar-refractivity contribution in [3.8, 4) is 5.75 Å². The molecule has 4 nitrogen and oxygen atoms in total. The van der Waals surface area contributed by atoms with E-state index in [4.69, 9.17) is 14.2 Å². The minimum absolute atomic E-state index is 0.114. The van der Waals surface area contributed by atoms with Gasteiger partial charge >= 0.3 is 0 Å². The van der Waals surface area contributed by atoms with Crippen molar-refractivity contribution in [2.75, 3.05) is 7.11 Å². The van der Waals surface area contributed by atoms with Gasteiger partial charge in [0.05, 0.1) is 19.0 Å². The number of nitrogens with zero attached hydrogens (tertiary/aromatic N) is 1. The van der Waals surface area contributed by atoms with E-state index in [1.807, 2.05) is 31.2 Å². The van der Waals surface area contributed by atoms with Crippen LogP contribution in [0.1, 0.15) is 6.92 Å². The highest BCUT2D eigenvalue weighted by molar-refractivity contribution is 5.67. The molecule has 0 spiro atoms. The molecular weight excluding hydrogens is 194 g/mol. The molecule has 0 N–H and O–H groups in total. The minimum Gasteiger partial charge on any atom is -0.497 e. The molecule has 1 aliphatic heterocycles. The summed E-state index contributed by atoms with van der Waals surface area (Å²) >= 11 is 0. The fourth-order valence-electron chi connectivity index (χ4n) is 1.27. The first-order valence-corrected chi connectivity index (χ1v) is 4.77. The van der Waals surface area contributed by atoms with E-state index in [0.717, 1.165) is 11.4 Å². The van der Waals surface area contributed by atoms with Crippen molar-refractivity contribution in [1.82, 2.24) is 0 Å². The number of benzene rings is 1. The Bertz CT molecular complexity index is 341. The highest BCUT2D eigenvalue weighted by atomic mass is 16.9. The van der Waals surface area contributed by atoms with Crippen molar-refractivity contribution in [2.45, 2.75) is 19.5 Å². The molecule has 0 radical (unpaired) electrons. The summed E-state index contributed by atoms with van der Waals surface area (Å²) in [5, 5.41) is 0. The lowest BCUT2D eigenvalue weighted by molar-refractivity contribution is -0.342. The molecule has 0 aliphatic carbocycles. The van der Waals surface area contributed by atoms with Gasteiger partial charge in [-0.1, -0.05) is 0 Å². The topological polar surface area (TPSA) is 40.0 Å². The fourth-order valence-corrected chi connectivity index (χ4v) is 1.27. The molecule has 1 aromatic carbocycles. The van der Waals surface area contributed by atoms with Crippen LogP contribution in [0.25, 0.3) is 0 Å². The first kappa shape index (κ1) is 10.1. The first-order chi connectivity index (χ1) is 7.28. The number of aliphatic imine (C=N–C) groups is 1. The lowest BCUT2D eigenvalue weighted by Gasteiger charge is -2.30. The van der Waals surface area contributed by atoms with Crippen LogP contribution in [0, 0.1) is 0 Å². The van der Waals surface area contributed by atoms with Crippen LogP contribution in [0.2, 0.25) is 0 Å².